The first-order valence-electron chi connectivity index (χ1n) is 14.1. The van der Waals surface area contributed by atoms with Gasteiger partial charge >= 0.3 is 6.18 Å². The smallest absolute Gasteiger partial charge is 0.342 e. The first kappa shape index (κ1) is 30.6. The number of aryl methyl sites for hydroxylation is 2. The van der Waals surface area contributed by atoms with Crippen molar-refractivity contribution >= 4 is 50.4 Å². The molecule has 2 aliphatic rings. The van der Waals surface area contributed by atoms with E-state index >= 15 is 0 Å². The van der Waals surface area contributed by atoms with Crippen molar-refractivity contribution in [2.24, 2.45) is 5.41 Å². The average Bonchev–Trinajstić information content (AvgIpc) is 3.35. The summed E-state index contributed by atoms with van der Waals surface area (Å²) < 4.78 is 40.6. The van der Waals surface area contributed by atoms with Crippen molar-refractivity contribution in [1.29, 1.82) is 0 Å². The maximum absolute atomic E-state index is 13.9. The highest BCUT2D eigenvalue weighted by Crippen LogP contribution is 2.59. The Bertz CT molecular complexity index is 1840. The first-order chi connectivity index (χ1) is 21.2. The van der Waals surface area contributed by atoms with Gasteiger partial charge < -0.3 is 15.5 Å². The number of amides is 3. The van der Waals surface area contributed by atoms with Gasteiger partial charge in [-0.25, -0.2) is 15.0 Å². The molecule has 234 valence electrons. The van der Waals surface area contributed by atoms with E-state index in [4.69, 9.17) is 0 Å². The number of likely N-dealkylation sites (tertiary alicyclic amines) is 1. The molecule has 4 aromatic rings. The molecule has 0 radical (unpaired) electrons. The molecule has 3 aromatic heterocycles. The number of hydrogen-bond donors (Lipinski definition) is 2. The van der Waals surface area contributed by atoms with E-state index in [2.05, 4.69) is 41.3 Å². The van der Waals surface area contributed by atoms with E-state index in [1.54, 1.807) is 48.5 Å². The Morgan fingerprint density at radius 3 is 2.51 bits per heavy atom. The number of carbonyl (C=O) groups is 3. The van der Waals surface area contributed by atoms with Crippen molar-refractivity contribution in [3.8, 4) is 11.1 Å². The normalized spacial score (nSPS) is 20.6. The highest BCUT2D eigenvalue weighted by atomic mass is 79.9. The second kappa shape index (κ2) is 11.2. The summed E-state index contributed by atoms with van der Waals surface area (Å²) in [5.74, 6) is -0.862. The van der Waals surface area contributed by atoms with Crippen LogP contribution in [0.3, 0.4) is 0 Å². The Morgan fingerprint density at radius 2 is 1.80 bits per heavy atom. The maximum atomic E-state index is 13.9. The predicted molar refractivity (Wildman–Crippen MR) is 161 cm³/mol. The van der Waals surface area contributed by atoms with Crippen LogP contribution in [-0.2, 0) is 16.1 Å². The zero-order valence-corrected chi connectivity index (χ0v) is 26.0. The van der Waals surface area contributed by atoms with Crippen LogP contribution in [0.2, 0.25) is 0 Å². The third-order valence-corrected chi connectivity index (χ3v) is 8.79. The molecule has 0 spiro atoms. The molecular weight excluding hydrogens is 657 g/mol. The van der Waals surface area contributed by atoms with Gasteiger partial charge in [-0.1, -0.05) is 19.1 Å². The second-order valence-electron chi connectivity index (χ2n) is 11.7. The van der Waals surface area contributed by atoms with Crippen LogP contribution < -0.4 is 10.6 Å². The standard InChI is InChI=1S/C30H28BrF3N8O3/c1-15-4-7-23(31)38-26(15)39-27(44)21-9-29(3)10-22(29)42(21)24(43)13-41-20-6-5-17(18-11-35-16(2)36-12-18)8-19(20)25(40-41)28(45)37-14-30(32,33)34/h4-8,11-12,21-22H,9-10,13-14H2,1-3H3,(H,37,45)(H,38,39,44)/t21-,22+,29-/m0/s1. The minimum atomic E-state index is -4.62. The van der Waals surface area contributed by atoms with E-state index in [1.165, 1.54) is 4.68 Å². The van der Waals surface area contributed by atoms with Crippen molar-refractivity contribution < 1.29 is 27.6 Å². The SMILES string of the molecule is Cc1ncc(-c2ccc3c(c2)c(C(=O)NCC(F)(F)F)nn3CC(=O)N2[C@H](C(=O)Nc3nc(Br)ccc3C)C[C@@]3(C)C[C@@H]23)cn1. The van der Waals surface area contributed by atoms with Crippen molar-refractivity contribution in [2.45, 2.75) is 58.4 Å². The fraction of sp³-hybridized carbons (Fsp3) is 0.367. The molecule has 1 saturated heterocycles. The predicted octanol–water partition coefficient (Wildman–Crippen LogP) is 4.58. The molecule has 2 N–H and O–H groups in total. The molecule has 1 aliphatic carbocycles. The molecular formula is C30H28BrF3N8O3. The van der Waals surface area contributed by atoms with E-state index in [1.807, 2.05) is 25.2 Å². The Labute approximate surface area is 263 Å². The third kappa shape index (κ3) is 6.13. The lowest BCUT2D eigenvalue weighted by Gasteiger charge is -2.27. The lowest BCUT2D eigenvalue weighted by Crippen LogP contribution is -2.47. The van der Waals surface area contributed by atoms with Gasteiger partial charge in [-0.15, -0.1) is 0 Å². The molecule has 2 fully saturated rings. The molecule has 45 heavy (non-hydrogen) atoms. The average molecular weight is 686 g/mol. The summed E-state index contributed by atoms with van der Waals surface area (Å²) in [6.07, 6.45) is -0.228. The Hall–Kier alpha value is -4.40. The lowest BCUT2D eigenvalue weighted by atomic mass is 10.0. The lowest BCUT2D eigenvalue weighted by molar-refractivity contribution is -0.138. The summed E-state index contributed by atoms with van der Waals surface area (Å²) >= 11 is 3.31. The van der Waals surface area contributed by atoms with Crippen LogP contribution in [0.1, 0.15) is 41.6 Å². The van der Waals surface area contributed by atoms with Gasteiger partial charge in [-0.2, -0.15) is 18.3 Å². The van der Waals surface area contributed by atoms with Crippen LogP contribution in [0.4, 0.5) is 19.0 Å². The van der Waals surface area contributed by atoms with Crippen LogP contribution >= 0.6 is 15.9 Å². The van der Waals surface area contributed by atoms with E-state index < -0.39 is 30.6 Å². The number of aromatic nitrogens is 5. The van der Waals surface area contributed by atoms with Crippen LogP contribution in [0.15, 0.2) is 47.3 Å². The topological polar surface area (TPSA) is 135 Å². The molecule has 6 rings (SSSR count). The molecule has 1 aromatic carbocycles. The van der Waals surface area contributed by atoms with E-state index in [-0.39, 0.29) is 35.0 Å². The monoisotopic (exact) mass is 684 g/mol. The molecule has 0 bridgehead atoms. The fourth-order valence-corrected chi connectivity index (χ4v) is 6.16. The highest BCUT2D eigenvalue weighted by molar-refractivity contribution is 9.10. The molecule has 3 amide bonds. The number of carbonyl (C=O) groups excluding carboxylic acids is 3. The van der Waals surface area contributed by atoms with Crippen molar-refractivity contribution in [3.63, 3.8) is 0 Å². The number of benzene rings is 1. The molecule has 0 unspecified atom stereocenters. The third-order valence-electron chi connectivity index (χ3n) is 8.34. The van der Waals surface area contributed by atoms with Gasteiger partial charge in [0.25, 0.3) is 5.91 Å². The second-order valence-corrected chi connectivity index (χ2v) is 12.6. The molecule has 1 aliphatic heterocycles. The van der Waals surface area contributed by atoms with Crippen LogP contribution in [0.25, 0.3) is 22.0 Å². The molecule has 4 heterocycles. The molecule has 1 saturated carbocycles. The van der Waals surface area contributed by atoms with Gasteiger partial charge in [-0.3, -0.25) is 19.1 Å². The van der Waals surface area contributed by atoms with Crippen LogP contribution in [-0.4, -0.2) is 72.2 Å². The highest BCUT2D eigenvalue weighted by Gasteiger charge is 2.64. The Kier molecular flexibility index (Phi) is 7.62. The van der Waals surface area contributed by atoms with Crippen molar-refractivity contribution in [1.82, 2.24) is 34.9 Å². The van der Waals surface area contributed by atoms with Gasteiger partial charge in [0.2, 0.25) is 11.8 Å². The Balaban J connectivity index is 1.31. The molecule has 3 atom stereocenters. The maximum Gasteiger partial charge on any atom is 0.405 e. The minimum absolute atomic E-state index is 0.151. The largest absolute Gasteiger partial charge is 0.405 e. The Morgan fingerprint density at radius 1 is 1.07 bits per heavy atom. The molecule has 15 heteroatoms. The fourth-order valence-electron chi connectivity index (χ4n) is 5.85. The van der Waals surface area contributed by atoms with Crippen LogP contribution in [0, 0.1) is 19.3 Å². The summed E-state index contributed by atoms with van der Waals surface area (Å²) in [7, 11) is 0. The quantitative estimate of drug-likeness (QED) is 0.272. The number of anilines is 1. The van der Waals surface area contributed by atoms with E-state index in [0.29, 0.717) is 39.3 Å². The first-order valence-corrected chi connectivity index (χ1v) is 14.9. The van der Waals surface area contributed by atoms with Gasteiger partial charge in [-0.05, 0) is 77.4 Å². The number of fused-ring (bicyclic) bond motifs is 2. The number of halogens is 4. The summed E-state index contributed by atoms with van der Waals surface area (Å²) in [5, 5.41) is 9.28. The van der Waals surface area contributed by atoms with Gasteiger partial charge in [0.15, 0.2) is 5.69 Å². The van der Waals surface area contributed by atoms with E-state index in [9.17, 15) is 27.6 Å². The van der Waals surface area contributed by atoms with Crippen LogP contribution in [0.5, 0.6) is 0 Å². The summed E-state index contributed by atoms with van der Waals surface area (Å²) in [4.78, 5) is 54.6. The zero-order valence-electron chi connectivity index (χ0n) is 24.4. The number of rotatable bonds is 7. The number of hydrogen-bond acceptors (Lipinski definition) is 7. The van der Waals surface area contributed by atoms with Gasteiger partial charge in [0, 0.05) is 29.4 Å². The van der Waals surface area contributed by atoms with Crippen molar-refractivity contribution in [2.75, 3.05) is 11.9 Å². The molecule has 11 nitrogen and oxygen atoms in total. The number of nitrogens with zero attached hydrogens (tertiary/aromatic N) is 6. The minimum Gasteiger partial charge on any atom is -0.342 e. The number of piperidine rings is 1. The van der Waals surface area contributed by atoms with E-state index in [0.717, 1.165) is 12.0 Å². The number of pyridine rings is 1. The zero-order chi connectivity index (χ0) is 32.3. The van der Waals surface area contributed by atoms with Crippen molar-refractivity contribution in [3.05, 3.63) is 64.4 Å². The summed E-state index contributed by atoms with van der Waals surface area (Å²) in [6.45, 7) is 3.70. The number of nitrogens with one attached hydrogen (secondary N) is 2. The summed E-state index contributed by atoms with van der Waals surface area (Å²) in [6, 6.07) is 7.64. The van der Waals surface area contributed by atoms with Gasteiger partial charge in [0.05, 0.1) is 5.52 Å². The van der Waals surface area contributed by atoms with Gasteiger partial charge in [0.1, 0.15) is 35.4 Å². The summed E-state index contributed by atoms with van der Waals surface area (Å²) in [5.41, 5.74) is 1.89. The number of alkyl halides is 3.